The summed E-state index contributed by atoms with van der Waals surface area (Å²) in [5, 5.41) is 0.665. The van der Waals surface area contributed by atoms with Crippen molar-refractivity contribution in [3.8, 4) is 0 Å². The monoisotopic (exact) mass is 282 g/mol. The van der Waals surface area contributed by atoms with Crippen LogP contribution in [0.25, 0.3) is 0 Å². The van der Waals surface area contributed by atoms with Crippen molar-refractivity contribution in [2.75, 3.05) is 20.6 Å². The van der Waals surface area contributed by atoms with Crippen LogP contribution in [-0.4, -0.2) is 31.4 Å². The molecule has 1 unspecified atom stereocenters. The van der Waals surface area contributed by atoms with Crippen molar-refractivity contribution in [1.29, 1.82) is 0 Å². The van der Waals surface area contributed by atoms with Gasteiger partial charge in [0.05, 0.1) is 5.41 Å². The smallest absolute Gasteiger partial charge is 0.228 e. The average Bonchev–Trinajstić information content (AvgIpc) is 2.30. The molecule has 1 rings (SSSR count). The molecule has 0 saturated heterocycles. The summed E-state index contributed by atoms with van der Waals surface area (Å²) in [5.74, 6) is -0.141. The number of primary amides is 1. The highest BCUT2D eigenvalue weighted by atomic mass is 35.5. The van der Waals surface area contributed by atoms with Crippen LogP contribution in [0.15, 0.2) is 24.3 Å². The summed E-state index contributed by atoms with van der Waals surface area (Å²) >= 11 is 5.92. The zero-order chi connectivity index (χ0) is 14.6. The highest BCUT2D eigenvalue weighted by Gasteiger charge is 2.41. The van der Waals surface area contributed by atoms with E-state index in [0.717, 1.165) is 12.1 Å². The van der Waals surface area contributed by atoms with E-state index in [0.29, 0.717) is 11.4 Å². The molecule has 19 heavy (non-hydrogen) atoms. The van der Waals surface area contributed by atoms with Gasteiger partial charge in [-0.05, 0) is 50.7 Å². The Morgan fingerprint density at radius 3 is 2.21 bits per heavy atom. The summed E-state index contributed by atoms with van der Waals surface area (Å²) in [5.41, 5.74) is 6.04. The van der Waals surface area contributed by atoms with Gasteiger partial charge < -0.3 is 10.6 Å². The summed E-state index contributed by atoms with van der Waals surface area (Å²) < 4.78 is 0. The molecule has 0 heterocycles. The molecule has 0 aromatic heterocycles. The van der Waals surface area contributed by atoms with Gasteiger partial charge in [-0.25, -0.2) is 0 Å². The number of hydrogen-bond acceptors (Lipinski definition) is 2. The molecule has 1 aromatic rings. The van der Waals surface area contributed by atoms with Crippen molar-refractivity contribution in [3.63, 3.8) is 0 Å². The number of benzene rings is 1. The van der Waals surface area contributed by atoms with Gasteiger partial charge in [0.2, 0.25) is 5.91 Å². The standard InChI is InChI=1S/C15H23ClN2O/c1-11(2)15(14(17)19,9-10-18(3)4)12-5-7-13(16)8-6-12/h5-8,11H,9-10H2,1-4H3,(H2,17,19). The normalized spacial score (nSPS) is 14.7. The minimum Gasteiger partial charge on any atom is -0.369 e. The van der Waals surface area contributed by atoms with Gasteiger partial charge in [0.25, 0.3) is 0 Å². The lowest BCUT2D eigenvalue weighted by molar-refractivity contribution is -0.125. The van der Waals surface area contributed by atoms with E-state index < -0.39 is 5.41 Å². The first-order valence-electron chi connectivity index (χ1n) is 6.51. The Morgan fingerprint density at radius 2 is 1.84 bits per heavy atom. The molecular weight excluding hydrogens is 260 g/mol. The molecule has 1 atom stereocenters. The van der Waals surface area contributed by atoms with E-state index in [-0.39, 0.29) is 11.8 Å². The van der Waals surface area contributed by atoms with E-state index in [1.54, 1.807) is 0 Å². The molecule has 2 N–H and O–H groups in total. The first-order valence-corrected chi connectivity index (χ1v) is 6.89. The largest absolute Gasteiger partial charge is 0.369 e. The second-order valence-corrected chi connectivity index (χ2v) is 5.99. The Balaban J connectivity index is 3.23. The summed E-state index contributed by atoms with van der Waals surface area (Å²) in [4.78, 5) is 14.2. The van der Waals surface area contributed by atoms with E-state index >= 15 is 0 Å². The molecule has 0 saturated carbocycles. The van der Waals surface area contributed by atoms with Gasteiger partial charge in [0.15, 0.2) is 0 Å². The van der Waals surface area contributed by atoms with Gasteiger partial charge in [-0.3, -0.25) is 4.79 Å². The van der Waals surface area contributed by atoms with E-state index in [1.807, 2.05) is 52.2 Å². The number of amides is 1. The number of halogens is 1. The molecule has 0 spiro atoms. The third kappa shape index (κ3) is 3.48. The third-order valence-electron chi connectivity index (χ3n) is 3.74. The zero-order valence-electron chi connectivity index (χ0n) is 12.1. The fourth-order valence-electron chi connectivity index (χ4n) is 2.46. The highest BCUT2D eigenvalue weighted by molar-refractivity contribution is 6.30. The van der Waals surface area contributed by atoms with Crippen molar-refractivity contribution in [3.05, 3.63) is 34.9 Å². The van der Waals surface area contributed by atoms with Crippen molar-refractivity contribution < 1.29 is 4.79 Å². The van der Waals surface area contributed by atoms with Crippen LogP contribution in [0.4, 0.5) is 0 Å². The fraction of sp³-hybridized carbons (Fsp3) is 0.533. The summed E-state index contributed by atoms with van der Waals surface area (Å²) in [6.07, 6.45) is 0.703. The first-order chi connectivity index (χ1) is 8.80. The molecule has 0 bridgehead atoms. The first kappa shape index (κ1) is 16.0. The number of rotatable bonds is 6. The molecule has 0 aliphatic carbocycles. The highest BCUT2D eigenvalue weighted by Crippen LogP contribution is 2.36. The second kappa shape index (κ2) is 6.40. The Kier molecular flexibility index (Phi) is 5.39. The fourth-order valence-corrected chi connectivity index (χ4v) is 2.59. The lowest BCUT2D eigenvalue weighted by atomic mass is 9.68. The molecule has 0 aliphatic rings. The zero-order valence-corrected chi connectivity index (χ0v) is 12.9. The Hall–Kier alpha value is -1.06. The van der Waals surface area contributed by atoms with Gasteiger partial charge in [-0.1, -0.05) is 37.6 Å². The molecule has 0 fully saturated rings. The SMILES string of the molecule is CC(C)C(CCN(C)C)(C(N)=O)c1ccc(Cl)cc1. The van der Waals surface area contributed by atoms with Crippen molar-refractivity contribution >= 4 is 17.5 Å². The summed E-state index contributed by atoms with van der Waals surface area (Å²) in [6.45, 7) is 4.88. The van der Waals surface area contributed by atoms with Crippen LogP contribution in [0.3, 0.4) is 0 Å². The van der Waals surface area contributed by atoms with Crippen LogP contribution < -0.4 is 5.73 Å². The van der Waals surface area contributed by atoms with Crippen LogP contribution in [0.5, 0.6) is 0 Å². The molecule has 0 radical (unpaired) electrons. The van der Waals surface area contributed by atoms with E-state index in [9.17, 15) is 4.79 Å². The molecule has 4 heteroatoms. The third-order valence-corrected chi connectivity index (χ3v) is 3.99. The minimum atomic E-state index is -0.644. The quantitative estimate of drug-likeness (QED) is 0.872. The molecule has 0 aliphatic heterocycles. The van der Waals surface area contributed by atoms with Crippen LogP contribution in [0, 0.1) is 5.92 Å². The Morgan fingerprint density at radius 1 is 1.32 bits per heavy atom. The number of hydrogen-bond donors (Lipinski definition) is 1. The number of carbonyl (C=O) groups is 1. The molecule has 3 nitrogen and oxygen atoms in total. The van der Waals surface area contributed by atoms with Gasteiger partial charge >= 0.3 is 0 Å². The van der Waals surface area contributed by atoms with Gasteiger partial charge in [-0.15, -0.1) is 0 Å². The maximum absolute atomic E-state index is 12.1. The number of carbonyl (C=O) groups excluding carboxylic acids is 1. The average molecular weight is 283 g/mol. The predicted octanol–water partition coefficient (Wildman–Crippen LogP) is 2.67. The Bertz CT molecular complexity index is 428. The van der Waals surface area contributed by atoms with E-state index in [4.69, 9.17) is 17.3 Å². The topological polar surface area (TPSA) is 46.3 Å². The molecular formula is C15H23ClN2O. The second-order valence-electron chi connectivity index (χ2n) is 5.55. The maximum Gasteiger partial charge on any atom is 0.228 e. The van der Waals surface area contributed by atoms with Crippen LogP contribution in [-0.2, 0) is 10.2 Å². The summed E-state index contributed by atoms with van der Waals surface area (Å²) in [6, 6.07) is 7.44. The van der Waals surface area contributed by atoms with E-state index in [2.05, 4.69) is 4.90 Å². The van der Waals surface area contributed by atoms with Crippen molar-refractivity contribution in [1.82, 2.24) is 4.90 Å². The van der Waals surface area contributed by atoms with Crippen molar-refractivity contribution in [2.24, 2.45) is 11.7 Å². The maximum atomic E-state index is 12.1. The molecule has 1 aromatic carbocycles. The number of nitrogens with zero attached hydrogens (tertiary/aromatic N) is 1. The van der Waals surface area contributed by atoms with Crippen LogP contribution >= 0.6 is 11.6 Å². The molecule has 106 valence electrons. The molecule has 1 amide bonds. The van der Waals surface area contributed by atoms with Gasteiger partial charge in [-0.2, -0.15) is 0 Å². The van der Waals surface area contributed by atoms with Crippen molar-refractivity contribution in [2.45, 2.75) is 25.7 Å². The van der Waals surface area contributed by atoms with Crippen LogP contribution in [0.2, 0.25) is 5.02 Å². The van der Waals surface area contributed by atoms with E-state index in [1.165, 1.54) is 0 Å². The van der Waals surface area contributed by atoms with Crippen LogP contribution in [0.1, 0.15) is 25.8 Å². The van der Waals surface area contributed by atoms with Gasteiger partial charge in [0, 0.05) is 5.02 Å². The predicted molar refractivity (Wildman–Crippen MR) is 80.3 cm³/mol. The Labute approximate surface area is 120 Å². The minimum absolute atomic E-state index is 0.131. The lowest BCUT2D eigenvalue weighted by Gasteiger charge is -2.36. The van der Waals surface area contributed by atoms with Gasteiger partial charge in [0.1, 0.15) is 0 Å². The number of nitrogens with two attached hydrogens (primary N) is 1. The lowest BCUT2D eigenvalue weighted by Crippen LogP contribution is -2.47. The summed E-state index contributed by atoms with van der Waals surface area (Å²) in [7, 11) is 3.99.